The summed E-state index contributed by atoms with van der Waals surface area (Å²) in [5.74, 6) is -2.01. The molecule has 1 aliphatic rings. The summed E-state index contributed by atoms with van der Waals surface area (Å²) in [6.45, 7) is -0.0695. The molecule has 1 aliphatic heterocycles. The average Bonchev–Trinajstić information content (AvgIpc) is 2.88. The molecule has 23 heavy (non-hydrogen) atoms. The van der Waals surface area contributed by atoms with Gasteiger partial charge >= 0.3 is 6.09 Å². The van der Waals surface area contributed by atoms with Gasteiger partial charge in [0.1, 0.15) is 11.6 Å². The van der Waals surface area contributed by atoms with E-state index in [0.717, 1.165) is 11.1 Å². The largest absolute Gasteiger partial charge is 0.438 e. The van der Waals surface area contributed by atoms with Crippen LogP contribution in [0.15, 0.2) is 48.5 Å². The van der Waals surface area contributed by atoms with Crippen LogP contribution in [0.5, 0.6) is 0 Å². The number of rotatable bonds is 3. The Hall–Kier alpha value is -2.96. The molecule has 1 atom stereocenters. The van der Waals surface area contributed by atoms with Crippen LogP contribution >= 0.6 is 0 Å². The van der Waals surface area contributed by atoms with Gasteiger partial charge in [-0.05, 0) is 24.3 Å². The summed E-state index contributed by atoms with van der Waals surface area (Å²) in [6, 6.07) is 11.3. The van der Waals surface area contributed by atoms with Crippen molar-refractivity contribution in [2.24, 2.45) is 0 Å². The van der Waals surface area contributed by atoms with E-state index in [-0.39, 0.29) is 12.1 Å². The van der Waals surface area contributed by atoms with Crippen molar-refractivity contribution in [3.05, 3.63) is 71.3 Å². The molecule has 3 rings (SSSR count). The minimum atomic E-state index is -0.917. The SMILES string of the molecule is O=C(NN1C[C@H](c2ccc(F)cc2F)OC1=O)c1ccccc1. The molecule has 0 unspecified atom stereocenters. The number of hydrogen-bond acceptors (Lipinski definition) is 3. The fourth-order valence-corrected chi connectivity index (χ4v) is 2.26. The Labute approximate surface area is 130 Å². The number of carbonyl (C=O) groups is 2. The minimum Gasteiger partial charge on any atom is -0.438 e. The molecule has 1 saturated heterocycles. The van der Waals surface area contributed by atoms with Crippen molar-refractivity contribution in [2.75, 3.05) is 6.54 Å². The smallest absolute Gasteiger partial charge is 0.429 e. The number of hydrazine groups is 1. The zero-order valence-electron chi connectivity index (χ0n) is 11.8. The maximum Gasteiger partial charge on any atom is 0.429 e. The maximum absolute atomic E-state index is 13.7. The molecule has 0 radical (unpaired) electrons. The first kappa shape index (κ1) is 15.0. The summed E-state index contributed by atoms with van der Waals surface area (Å²) in [5, 5.41) is 0.961. The van der Waals surface area contributed by atoms with Crippen molar-refractivity contribution < 1.29 is 23.1 Å². The van der Waals surface area contributed by atoms with Gasteiger partial charge in [-0.25, -0.2) is 18.6 Å². The molecule has 1 heterocycles. The van der Waals surface area contributed by atoms with E-state index in [2.05, 4.69) is 5.43 Å². The Morgan fingerprint density at radius 2 is 1.91 bits per heavy atom. The number of cyclic esters (lactones) is 1. The van der Waals surface area contributed by atoms with Crippen LogP contribution in [-0.2, 0) is 4.74 Å². The van der Waals surface area contributed by atoms with Crippen LogP contribution in [0.1, 0.15) is 22.0 Å². The lowest BCUT2D eigenvalue weighted by Gasteiger charge is -2.14. The standard InChI is InChI=1S/C16H12F2N2O3/c17-11-6-7-12(13(18)8-11)14-9-20(16(22)23-14)19-15(21)10-4-2-1-3-5-10/h1-8,14H,9H2,(H,19,21)/t14-/m1/s1. The van der Waals surface area contributed by atoms with Crippen molar-refractivity contribution in [2.45, 2.75) is 6.10 Å². The highest BCUT2D eigenvalue weighted by Crippen LogP contribution is 2.27. The molecule has 0 bridgehead atoms. The van der Waals surface area contributed by atoms with E-state index in [1.807, 2.05) is 0 Å². The Morgan fingerprint density at radius 1 is 1.17 bits per heavy atom. The highest BCUT2D eigenvalue weighted by atomic mass is 19.1. The number of nitrogens with one attached hydrogen (secondary N) is 1. The van der Waals surface area contributed by atoms with Gasteiger partial charge in [-0.3, -0.25) is 10.2 Å². The first-order chi connectivity index (χ1) is 11.0. The van der Waals surface area contributed by atoms with Gasteiger partial charge in [0.25, 0.3) is 5.91 Å². The number of halogens is 2. The third-order valence-electron chi connectivity index (χ3n) is 3.39. The maximum atomic E-state index is 13.7. The lowest BCUT2D eigenvalue weighted by atomic mass is 10.1. The number of benzene rings is 2. The van der Waals surface area contributed by atoms with Crippen LogP contribution in [-0.4, -0.2) is 23.6 Å². The quantitative estimate of drug-likeness (QED) is 0.947. The molecule has 0 spiro atoms. The Balaban J connectivity index is 1.71. The predicted octanol–water partition coefficient (Wildman–Crippen LogP) is 2.80. The Bertz CT molecular complexity index is 752. The molecule has 5 nitrogen and oxygen atoms in total. The number of ether oxygens (including phenoxy) is 1. The zero-order chi connectivity index (χ0) is 16.4. The van der Waals surface area contributed by atoms with E-state index in [9.17, 15) is 18.4 Å². The van der Waals surface area contributed by atoms with Gasteiger partial charge in [-0.1, -0.05) is 18.2 Å². The lowest BCUT2D eigenvalue weighted by Crippen LogP contribution is -2.42. The summed E-state index contributed by atoms with van der Waals surface area (Å²) < 4.78 is 31.7. The molecule has 0 aliphatic carbocycles. The van der Waals surface area contributed by atoms with Crippen LogP contribution in [0.2, 0.25) is 0 Å². The molecule has 1 N–H and O–H groups in total. The number of carbonyl (C=O) groups excluding carboxylic acids is 2. The third kappa shape index (κ3) is 3.13. The fourth-order valence-electron chi connectivity index (χ4n) is 2.26. The summed E-state index contributed by atoms with van der Waals surface area (Å²) in [5.41, 5.74) is 2.82. The first-order valence-corrected chi connectivity index (χ1v) is 6.84. The second-order valence-corrected chi connectivity index (χ2v) is 4.96. The lowest BCUT2D eigenvalue weighted by molar-refractivity contribution is 0.0829. The number of amides is 2. The summed E-state index contributed by atoms with van der Waals surface area (Å²) in [4.78, 5) is 23.8. The van der Waals surface area contributed by atoms with E-state index in [1.54, 1.807) is 30.3 Å². The summed E-state index contributed by atoms with van der Waals surface area (Å²) in [7, 11) is 0. The van der Waals surface area contributed by atoms with Gasteiger partial charge in [0.05, 0.1) is 6.54 Å². The van der Waals surface area contributed by atoms with Gasteiger partial charge in [0.2, 0.25) is 0 Å². The topological polar surface area (TPSA) is 58.6 Å². The second-order valence-electron chi connectivity index (χ2n) is 4.96. The predicted molar refractivity (Wildman–Crippen MR) is 76.2 cm³/mol. The van der Waals surface area contributed by atoms with Crippen molar-refractivity contribution in [3.63, 3.8) is 0 Å². The summed E-state index contributed by atoms with van der Waals surface area (Å²) >= 11 is 0. The van der Waals surface area contributed by atoms with Crippen molar-refractivity contribution in [1.82, 2.24) is 10.4 Å². The van der Waals surface area contributed by atoms with Gasteiger partial charge < -0.3 is 4.74 Å². The van der Waals surface area contributed by atoms with Crippen LogP contribution in [0, 0.1) is 11.6 Å². The Kier molecular flexibility index (Phi) is 3.92. The van der Waals surface area contributed by atoms with Crippen LogP contribution < -0.4 is 5.43 Å². The van der Waals surface area contributed by atoms with E-state index < -0.39 is 29.7 Å². The van der Waals surface area contributed by atoms with E-state index >= 15 is 0 Å². The van der Waals surface area contributed by atoms with E-state index in [4.69, 9.17) is 4.74 Å². The Morgan fingerprint density at radius 3 is 2.61 bits per heavy atom. The van der Waals surface area contributed by atoms with Crippen LogP contribution in [0.25, 0.3) is 0 Å². The van der Waals surface area contributed by atoms with Gasteiger partial charge in [0, 0.05) is 17.2 Å². The number of nitrogens with zero attached hydrogens (tertiary/aromatic N) is 1. The fraction of sp³-hybridized carbons (Fsp3) is 0.125. The second kappa shape index (κ2) is 6.04. The highest BCUT2D eigenvalue weighted by molar-refractivity contribution is 5.95. The molecule has 0 saturated carbocycles. The molecule has 1 fully saturated rings. The summed E-state index contributed by atoms with van der Waals surface area (Å²) in [6.07, 6.45) is -1.72. The molecule has 2 aromatic carbocycles. The molecule has 2 aromatic rings. The normalized spacial score (nSPS) is 17.0. The zero-order valence-corrected chi connectivity index (χ0v) is 11.8. The van der Waals surface area contributed by atoms with Crippen molar-refractivity contribution in [1.29, 1.82) is 0 Å². The molecule has 0 aromatic heterocycles. The van der Waals surface area contributed by atoms with E-state index in [1.165, 1.54) is 6.07 Å². The third-order valence-corrected chi connectivity index (χ3v) is 3.39. The van der Waals surface area contributed by atoms with Crippen LogP contribution in [0.3, 0.4) is 0 Å². The molecular formula is C16H12F2N2O3. The molecule has 2 amide bonds. The van der Waals surface area contributed by atoms with Crippen molar-refractivity contribution >= 4 is 12.0 Å². The molecule has 7 heteroatoms. The van der Waals surface area contributed by atoms with Gasteiger partial charge in [0.15, 0.2) is 6.10 Å². The first-order valence-electron chi connectivity index (χ1n) is 6.84. The minimum absolute atomic E-state index is 0.0520. The van der Waals surface area contributed by atoms with Crippen LogP contribution in [0.4, 0.5) is 13.6 Å². The van der Waals surface area contributed by atoms with Gasteiger partial charge in [-0.2, -0.15) is 0 Å². The van der Waals surface area contributed by atoms with Crippen molar-refractivity contribution in [3.8, 4) is 0 Å². The average molecular weight is 318 g/mol. The monoisotopic (exact) mass is 318 g/mol. The molecular weight excluding hydrogens is 306 g/mol. The number of hydrogen-bond donors (Lipinski definition) is 1. The van der Waals surface area contributed by atoms with Gasteiger partial charge in [-0.15, -0.1) is 0 Å². The van der Waals surface area contributed by atoms with E-state index in [0.29, 0.717) is 11.6 Å². The molecule has 118 valence electrons. The highest BCUT2D eigenvalue weighted by Gasteiger charge is 2.35.